The second-order valence-corrected chi connectivity index (χ2v) is 10.2. The van der Waals surface area contributed by atoms with Gasteiger partial charge in [-0.1, -0.05) is 6.07 Å². The molecule has 2 aliphatic heterocycles. The van der Waals surface area contributed by atoms with Gasteiger partial charge in [0.05, 0.1) is 11.4 Å². The molecule has 28 heavy (non-hydrogen) atoms. The van der Waals surface area contributed by atoms with Crippen molar-refractivity contribution in [3.05, 3.63) is 46.7 Å². The quantitative estimate of drug-likeness (QED) is 0.780. The predicted molar refractivity (Wildman–Crippen MR) is 111 cm³/mol. The number of hydrogen-bond donors (Lipinski definition) is 1. The van der Waals surface area contributed by atoms with Crippen molar-refractivity contribution in [1.82, 2.24) is 9.21 Å². The van der Waals surface area contributed by atoms with Crippen molar-refractivity contribution in [1.29, 1.82) is 0 Å². The number of nitrogens with zero attached hydrogens (tertiary/aromatic N) is 2. The summed E-state index contributed by atoms with van der Waals surface area (Å²) in [7, 11) is -3.42. The van der Waals surface area contributed by atoms with E-state index in [9.17, 15) is 13.2 Å². The second kappa shape index (κ2) is 8.32. The zero-order valence-corrected chi connectivity index (χ0v) is 17.3. The summed E-state index contributed by atoms with van der Waals surface area (Å²) in [5.41, 5.74) is 0.622. The molecule has 0 spiro atoms. The third-order valence-corrected chi connectivity index (χ3v) is 8.31. The van der Waals surface area contributed by atoms with Crippen molar-refractivity contribution in [3.63, 3.8) is 0 Å². The summed E-state index contributed by atoms with van der Waals surface area (Å²) < 4.78 is 26.7. The smallest absolute Gasteiger partial charge is 0.243 e. The molecule has 1 atom stereocenters. The number of likely N-dealkylation sites (tertiary alicyclic amines) is 1. The van der Waals surface area contributed by atoms with E-state index < -0.39 is 10.0 Å². The number of sulfonamides is 1. The van der Waals surface area contributed by atoms with Crippen molar-refractivity contribution >= 4 is 33.0 Å². The Morgan fingerprint density at radius 3 is 2.50 bits per heavy atom. The zero-order chi connectivity index (χ0) is 19.6. The van der Waals surface area contributed by atoms with Crippen molar-refractivity contribution in [3.8, 4) is 0 Å². The van der Waals surface area contributed by atoms with Crippen LogP contribution in [0.2, 0.25) is 0 Å². The fraction of sp³-hybridized carbons (Fsp3) is 0.450. The molecular formula is C20H25N3O3S2. The monoisotopic (exact) mass is 419 g/mol. The number of amides is 1. The minimum atomic E-state index is -3.42. The van der Waals surface area contributed by atoms with Crippen LogP contribution in [0.15, 0.2) is 46.7 Å². The van der Waals surface area contributed by atoms with Crippen LogP contribution in [0.4, 0.5) is 5.69 Å². The lowest BCUT2D eigenvalue weighted by atomic mass is 10.2. The van der Waals surface area contributed by atoms with Crippen LogP contribution in [0.3, 0.4) is 0 Å². The second-order valence-electron chi connectivity index (χ2n) is 7.33. The van der Waals surface area contributed by atoms with Gasteiger partial charge in [0.1, 0.15) is 0 Å². The normalized spacial score (nSPS) is 21.2. The van der Waals surface area contributed by atoms with E-state index in [4.69, 9.17) is 0 Å². The van der Waals surface area contributed by atoms with Crippen molar-refractivity contribution in [2.45, 2.75) is 36.6 Å². The summed E-state index contributed by atoms with van der Waals surface area (Å²) in [5, 5.41) is 4.97. The van der Waals surface area contributed by atoms with Crippen LogP contribution in [0.5, 0.6) is 0 Å². The highest BCUT2D eigenvalue weighted by atomic mass is 32.2. The Morgan fingerprint density at radius 2 is 1.82 bits per heavy atom. The molecule has 1 amide bonds. The Kier molecular flexibility index (Phi) is 5.82. The van der Waals surface area contributed by atoms with Gasteiger partial charge < -0.3 is 5.32 Å². The lowest BCUT2D eigenvalue weighted by Crippen LogP contribution is -2.32. The standard InChI is InChI=1S/C20H25N3O3S2/c24-20(15-22-11-3-5-18(22)19-6-4-14-27-19)21-16-7-9-17(10-8-16)28(25,26)23-12-1-2-13-23/h4,6-10,14,18H,1-3,5,11-13,15H2,(H,21,24). The molecule has 4 rings (SSSR count). The van der Waals surface area contributed by atoms with Crippen LogP contribution >= 0.6 is 11.3 Å². The maximum atomic E-state index is 12.6. The molecule has 0 radical (unpaired) electrons. The van der Waals surface area contributed by atoms with E-state index in [0.29, 0.717) is 31.4 Å². The molecule has 0 saturated carbocycles. The molecule has 2 aromatic rings. The molecule has 8 heteroatoms. The highest BCUT2D eigenvalue weighted by Crippen LogP contribution is 2.34. The molecular weight excluding hydrogens is 394 g/mol. The first-order valence-corrected chi connectivity index (χ1v) is 12.0. The average Bonchev–Trinajstić information content (AvgIpc) is 3.44. The largest absolute Gasteiger partial charge is 0.325 e. The predicted octanol–water partition coefficient (Wildman–Crippen LogP) is 3.31. The Hall–Kier alpha value is -1.74. The van der Waals surface area contributed by atoms with Gasteiger partial charge in [-0.25, -0.2) is 8.42 Å². The zero-order valence-electron chi connectivity index (χ0n) is 15.7. The number of benzene rings is 1. The van der Waals surface area contributed by atoms with Gasteiger partial charge >= 0.3 is 0 Å². The Balaban J connectivity index is 1.37. The molecule has 3 heterocycles. The fourth-order valence-corrected chi connectivity index (χ4v) is 6.40. The maximum absolute atomic E-state index is 12.6. The molecule has 1 N–H and O–H groups in total. The topological polar surface area (TPSA) is 69.7 Å². The van der Waals surface area contributed by atoms with Gasteiger partial charge in [0.25, 0.3) is 0 Å². The first-order chi connectivity index (χ1) is 13.5. The van der Waals surface area contributed by atoms with Gasteiger partial charge in [0.2, 0.25) is 15.9 Å². The maximum Gasteiger partial charge on any atom is 0.243 e. The van der Waals surface area contributed by atoms with Gasteiger partial charge in [-0.15, -0.1) is 11.3 Å². The third kappa shape index (κ3) is 4.15. The third-order valence-electron chi connectivity index (χ3n) is 5.42. The highest BCUT2D eigenvalue weighted by molar-refractivity contribution is 7.89. The van der Waals surface area contributed by atoms with Gasteiger partial charge in [-0.05, 0) is 67.9 Å². The summed E-state index contributed by atoms with van der Waals surface area (Å²) in [6.45, 7) is 2.43. The number of hydrogen-bond acceptors (Lipinski definition) is 5. The number of carbonyl (C=O) groups excluding carboxylic acids is 1. The van der Waals surface area contributed by atoms with E-state index in [1.807, 2.05) is 6.07 Å². The van der Waals surface area contributed by atoms with Crippen LogP contribution in [-0.4, -0.2) is 49.7 Å². The summed E-state index contributed by atoms with van der Waals surface area (Å²) >= 11 is 1.73. The molecule has 1 aromatic heterocycles. The number of thiophene rings is 1. The summed E-state index contributed by atoms with van der Waals surface area (Å²) in [6, 6.07) is 11.0. The highest BCUT2D eigenvalue weighted by Gasteiger charge is 2.29. The molecule has 2 fully saturated rings. The fourth-order valence-electron chi connectivity index (χ4n) is 3.99. The summed E-state index contributed by atoms with van der Waals surface area (Å²) in [6.07, 6.45) is 4.00. The first-order valence-electron chi connectivity index (χ1n) is 9.71. The Morgan fingerprint density at radius 1 is 1.07 bits per heavy atom. The molecule has 1 aromatic carbocycles. The number of nitrogens with one attached hydrogen (secondary N) is 1. The van der Waals surface area contributed by atoms with Crippen LogP contribution in [0.1, 0.15) is 36.6 Å². The first kappa shape index (κ1) is 19.6. The molecule has 6 nitrogen and oxygen atoms in total. The molecule has 0 aliphatic carbocycles. The molecule has 1 unspecified atom stereocenters. The number of rotatable bonds is 6. The SMILES string of the molecule is O=C(CN1CCCC1c1cccs1)Nc1ccc(S(=O)(=O)N2CCCC2)cc1. The van der Waals surface area contributed by atoms with E-state index in [-0.39, 0.29) is 10.8 Å². The van der Waals surface area contributed by atoms with E-state index in [1.54, 1.807) is 35.6 Å². The lowest BCUT2D eigenvalue weighted by molar-refractivity contribution is -0.117. The number of anilines is 1. The van der Waals surface area contributed by atoms with E-state index in [2.05, 4.69) is 21.7 Å². The van der Waals surface area contributed by atoms with Gasteiger partial charge in [-0.3, -0.25) is 9.69 Å². The average molecular weight is 420 g/mol. The molecule has 2 aliphatic rings. The van der Waals surface area contributed by atoms with Gasteiger partial charge in [-0.2, -0.15) is 4.31 Å². The Bertz CT molecular complexity index is 905. The van der Waals surface area contributed by atoms with Crippen molar-refractivity contribution in [2.75, 3.05) is 31.5 Å². The van der Waals surface area contributed by atoms with Crippen molar-refractivity contribution in [2.24, 2.45) is 0 Å². The van der Waals surface area contributed by atoms with E-state index in [0.717, 1.165) is 32.2 Å². The summed E-state index contributed by atoms with van der Waals surface area (Å²) in [5.74, 6) is -0.0707. The van der Waals surface area contributed by atoms with Gasteiger partial charge in [0, 0.05) is 29.7 Å². The van der Waals surface area contributed by atoms with Crippen LogP contribution in [0, 0.1) is 0 Å². The summed E-state index contributed by atoms with van der Waals surface area (Å²) in [4.78, 5) is 16.3. The minimum Gasteiger partial charge on any atom is -0.325 e. The molecule has 2 saturated heterocycles. The van der Waals surface area contributed by atoms with Crippen LogP contribution in [0.25, 0.3) is 0 Å². The lowest BCUT2D eigenvalue weighted by Gasteiger charge is -2.23. The minimum absolute atomic E-state index is 0.0707. The van der Waals surface area contributed by atoms with Crippen LogP contribution in [-0.2, 0) is 14.8 Å². The molecule has 150 valence electrons. The van der Waals surface area contributed by atoms with Crippen LogP contribution < -0.4 is 5.32 Å². The molecule has 0 bridgehead atoms. The Labute approximate surface area is 170 Å². The van der Waals surface area contributed by atoms with Crippen molar-refractivity contribution < 1.29 is 13.2 Å². The van der Waals surface area contributed by atoms with Gasteiger partial charge in [0.15, 0.2) is 0 Å². The number of carbonyl (C=O) groups is 1. The van der Waals surface area contributed by atoms with E-state index in [1.165, 1.54) is 9.18 Å². The van der Waals surface area contributed by atoms with E-state index >= 15 is 0 Å².